The third-order valence-electron chi connectivity index (χ3n) is 2.94. The number of anilines is 2. The normalized spacial score (nSPS) is 10.8. The molecule has 10 heteroatoms. The molecular formula is C14H13F2N7O. The van der Waals surface area contributed by atoms with Gasteiger partial charge in [0.25, 0.3) is 0 Å². The predicted molar refractivity (Wildman–Crippen MR) is 81.8 cm³/mol. The van der Waals surface area contributed by atoms with E-state index in [0.717, 1.165) is 0 Å². The summed E-state index contributed by atoms with van der Waals surface area (Å²) < 4.78 is 30.0. The van der Waals surface area contributed by atoms with Gasteiger partial charge in [0, 0.05) is 18.5 Å². The molecule has 0 radical (unpaired) electrons. The number of hydrogen-bond acceptors (Lipinski definition) is 7. The molecule has 0 aliphatic carbocycles. The summed E-state index contributed by atoms with van der Waals surface area (Å²) in [5, 5.41) is 7.12. The molecule has 0 aliphatic heterocycles. The van der Waals surface area contributed by atoms with E-state index >= 15 is 0 Å². The van der Waals surface area contributed by atoms with Crippen LogP contribution in [0.25, 0.3) is 5.82 Å². The van der Waals surface area contributed by atoms with Crippen molar-refractivity contribution in [1.29, 1.82) is 0 Å². The Hall–Kier alpha value is -3.30. The molecule has 24 heavy (non-hydrogen) atoms. The van der Waals surface area contributed by atoms with Crippen LogP contribution in [0, 0.1) is 0 Å². The number of nitrogens with zero attached hydrogens (tertiary/aromatic N) is 5. The Kier molecular flexibility index (Phi) is 4.45. The summed E-state index contributed by atoms with van der Waals surface area (Å²) in [6, 6.07) is 6.43. The first-order chi connectivity index (χ1) is 11.6. The van der Waals surface area contributed by atoms with Gasteiger partial charge in [0.15, 0.2) is 5.82 Å². The molecule has 0 aliphatic rings. The second kappa shape index (κ2) is 6.86. The maximum absolute atomic E-state index is 12.1. The average Bonchev–Trinajstić information content (AvgIpc) is 3.08. The van der Waals surface area contributed by atoms with Crippen molar-refractivity contribution in [1.82, 2.24) is 24.7 Å². The third-order valence-corrected chi connectivity index (χ3v) is 2.94. The van der Waals surface area contributed by atoms with Crippen LogP contribution in [0.15, 0.2) is 42.9 Å². The van der Waals surface area contributed by atoms with Crippen molar-refractivity contribution in [2.24, 2.45) is 0 Å². The Bertz CT molecular complexity index is 793. The SMILES string of the molecule is Nc1nc(NCc2ccc(OC(F)F)cn2)cc(-n2cccn2)n1. The molecule has 8 nitrogen and oxygen atoms in total. The smallest absolute Gasteiger partial charge is 0.387 e. The van der Waals surface area contributed by atoms with Gasteiger partial charge in [-0.15, -0.1) is 0 Å². The summed E-state index contributed by atoms with van der Waals surface area (Å²) >= 11 is 0. The molecule has 0 saturated heterocycles. The van der Waals surface area contributed by atoms with Gasteiger partial charge in [0.1, 0.15) is 11.6 Å². The lowest BCUT2D eigenvalue weighted by Crippen LogP contribution is -2.09. The number of pyridine rings is 1. The minimum absolute atomic E-state index is 0.000925. The Morgan fingerprint density at radius 1 is 1.29 bits per heavy atom. The molecule has 0 aromatic carbocycles. The van der Waals surface area contributed by atoms with Gasteiger partial charge in [-0.05, 0) is 18.2 Å². The van der Waals surface area contributed by atoms with Crippen molar-refractivity contribution in [2.45, 2.75) is 13.2 Å². The number of hydrogen-bond donors (Lipinski definition) is 2. The first-order valence-electron chi connectivity index (χ1n) is 6.88. The average molecular weight is 333 g/mol. The number of nitrogen functional groups attached to an aromatic ring is 1. The van der Waals surface area contributed by atoms with Crippen molar-refractivity contribution < 1.29 is 13.5 Å². The minimum atomic E-state index is -2.87. The fourth-order valence-electron chi connectivity index (χ4n) is 1.93. The third kappa shape index (κ3) is 3.91. The molecule has 0 amide bonds. The number of nitrogens with two attached hydrogens (primary N) is 1. The largest absolute Gasteiger partial charge is 0.433 e. The highest BCUT2D eigenvalue weighted by atomic mass is 19.3. The lowest BCUT2D eigenvalue weighted by atomic mass is 10.3. The van der Waals surface area contributed by atoms with Crippen LogP contribution in [0.3, 0.4) is 0 Å². The molecule has 0 fully saturated rings. The molecular weight excluding hydrogens is 320 g/mol. The minimum Gasteiger partial charge on any atom is -0.433 e. The summed E-state index contributed by atoms with van der Waals surface area (Å²) in [7, 11) is 0. The predicted octanol–water partition coefficient (Wildman–Crippen LogP) is 1.85. The van der Waals surface area contributed by atoms with Gasteiger partial charge < -0.3 is 15.8 Å². The van der Waals surface area contributed by atoms with Gasteiger partial charge in [0.05, 0.1) is 18.4 Å². The molecule has 0 atom stereocenters. The fraction of sp³-hybridized carbons (Fsp3) is 0.143. The maximum Gasteiger partial charge on any atom is 0.387 e. The number of nitrogens with one attached hydrogen (secondary N) is 1. The summed E-state index contributed by atoms with van der Waals surface area (Å²) in [6.45, 7) is -2.55. The zero-order valence-electron chi connectivity index (χ0n) is 12.3. The van der Waals surface area contributed by atoms with Crippen LogP contribution in [0.5, 0.6) is 5.75 Å². The number of halogens is 2. The topological polar surface area (TPSA) is 104 Å². The van der Waals surface area contributed by atoms with E-state index in [2.05, 4.69) is 30.1 Å². The Labute approximate surface area is 135 Å². The van der Waals surface area contributed by atoms with Gasteiger partial charge in [-0.25, -0.2) is 4.68 Å². The zero-order chi connectivity index (χ0) is 16.9. The van der Waals surface area contributed by atoms with Gasteiger partial charge in [-0.2, -0.15) is 23.8 Å². The summed E-state index contributed by atoms with van der Waals surface area (Å²) in [5.41, 5.74) is 6.31. The van der Waals surface area contributed by atoms with E-state index in [1.165, 1.54) is 12.3 Å². The molecule has 0 bridgehead atoms. The van der Waals surface area contributed by atoms with Gasteiger partial charge in [-0.3, -0.25) is 4.98 Å². The van der Waals surface area contributed by atoms with E-state index in [4.69, 9.17) is 5.73 Å². The molecule has 3 heterocycles. The Morgan fingerprint density at radius 3 is 2.83 bits per heavy atom. The van der Waals surface area contributed by atoms with E-state index in [1.807, 2.05) is 0 Å². The highest BCUT2D eigenvalue weighted by Gasteiger charge is 2.06. The van der Waals surface area contributed by atoms with E-state index in [1.54, 1.807) is 35.3 Å². The highest BCUT2D eigenvalue weighted by Crippen LogP contribution is 2.15. The summed E-state index contributed by atoms with van der Waals surface area (Å²) in [6.07, 6.45) is 4.58. The van der Waals surface area contributed by atoms with Crippen LogP contribution >= 0.6 is 0 Å². The quantitative estimate of drug-likeness (QED) is 0.709. The first-order valence-corrected chi connectivity index (χ1v) is 6.88. The molecule has 3 aromatic heterocycles. The van der Waals surface area contributed by atoms with Crippen LogP contribution in [0.4, 0.5) is 20.5 Å². The second-order valence-electron chi connectivity index (χ2n) is 4.64. The van der Waals surface area contributed by atoms with Crippen molar-refractivity contribution in [3.63, 3.8) is 0 Å². The molecule has 0 saturated carbocycles. The monoisotopic (exact) mass is 333 g/mol. The van der Waals surface area contributed by atoms with Crippen molar-refractivity contribution >= 4 is 11.8 Å². The summed E-state index contributed by atoms with van der Waals surface area (Å²) in [5.74, 6) is 1.10. The highest BCUT2D eigenvalue weighted by molar-refractivity contribution is 5.45. The lowest BCUT2D eigenvalue weighted by molar-refractivity contribution is -0.0500. The second-order valence-corrected chi connectivity index (χ2v) is 4.64. The standard InChI is InChI=1S/C14H13F2N7O/c15-13(16)24-10-3-2-9(18-8-10)7-19-11-6-12(22-14(17)21-11)23-5-1-4-20-23/h1-6,8,13H,7H2,(H3,17,19,21,22). The van der Waals surface area contributed by atoms with Crippen molar-refractivity contribution in [3.05, 3.63) is 48.5 Å². The molecule has 3 N–H and O–H groups in total. The van der Waals surface area contributed by atoms with E-state index < -0.39 is 6.61 Å². The molecule has 3 aromatic rings. The van der Waals surface area contributed by atoms with Crippen LogP contribution in [-0.2, 0) is 6.54 Å². The zero-order valence-corrected chi connectivity index (χ0v) is 12.3. The Balaban J connectivity index is 1.68. The summed E-state index contributed by atoms with van der Waals surface area (Å²) in [4.78, 5) is 12.2. The van der Waals surface area contributed by atoms with Crippen LogP contribution < -0.4 is 15.8 Å². The van der Waals surface area contributed by atoms with Crippen LogP contribution in [-0.4, -0.2) is 31.3 Å². The first kappa shape index (κ1) is 15.6. The van der Waals surface area contributed by atoms with Crippen LogP contribution in [0.1, 0.15) is 5.69 Å². The molecule has 124 valence electrons. The lowest BCUT2D eigenvalue weighted by Gasteiger charge is -2.09. The van der Waals surface area contributed by atoms with E-state index in [9.17, 15) is 8.78 Å². The van der Waals surface area contributed by atoms with E-state index in [-0.39, 0.29) is 11.7 Å². The maximum atomic E-state index is 12.1. The molecule has 0 spiro atoms. The fourth-order valence-corrected chi connectivity index (χ4v) is 1.93. The number of alkyl halides is 2. The molecule has 3 rings (SSSR count). The van der Waals surface area contributed by atoms with Crippen molar-refractivity contribution in [3.8, 4) is 11.6 Å². The number of ether oxygens (including phenoxy) is 1. The number of aromatic nitrogens is 5. The van der Waals surface area contributed by atoms with Crippen LogP contribution in [0.2, 0.25) is 0 Å². The Morgan fingerprint density at radius 2 is 2.17 bits per heavy atom. The van der Waals surface area contributed by atoms with Gasteiger partial charge in [-0.1, -0.05) is 0 Å². The molecule has 0 unspecified atom stereocenters. The van der Waals surface area contributed by atoms with Gasteiger partial charge in [0.2, 0.25) is 5.95 Å². The van der Waals surface area contributed by atoms with E-state index in [0.29, 0.717) is 23.9 Å². The van der Waals surface area contributed by atoms with Gasteiger partial charge >= 0.3 is 6.61 Å². The number of rotatable bonds is 6. The van der Waals surface area contributed by atoms with Crippen molar-refractivity contribution in [2.75, 3.05) is 11.1 Å².